The molecule has 0 unspecified atom stereocenters. The Labute approximate surface area is 201 Å². The molecule has 6 nitrogen and oxygen atoms in total. The van der Waals surface area contributed by atoms with Crippen molar-refractivity contribution in [2.45, 2.75) is 41.6 Å². The molecule has 0 saturated carbocycles. The molecule has 8 heteroatoms. The van der Waals surface area contributed by atoms with Crippen LogP contribution in [-0.2, 0) is 42.4 Å². The highest BCUT2D eigenvalue weighted by Gasteiger charge is 2.53. The Morgan fingerprint density at radius 2 is 1.38 bits per heavy atom. The topological polar surface area (TPSA) is 86.7 Å². The van der Waals surface area contributed by atoms with Gasteiger partial charge in [-0.05, 0) is 30.2 Å². The maximum Gasteiger partial charge on any atom is 0.184 e. The second kappa shape index (κ2) is 10.4. The summed E-state index contributed by atoms with van der Waals surface area (Å²) in [5.74, 6) is -0.498. The SMILES string of the molecule is Cc1ccc(S(=O)(=O)[C@@H]2CS(=O)(=O)[C@@H](COCc3ccccc3)[C@H]2OCc2ccccc2)cc1. The van der Waals surface area contributed by atoms with Gasteiger partial charge < -0.3 is 9.47 Å². The molecule has 3 aromatic carbocycles. The van der Waals surface area contributed by atoms with Crippen molar-refractivity contribution in [3.8, 4) is 0 Å². The Morgan fingerprint density at radius 3 is 1.97 bits per heavy atom. The summed E-state index contributed by atoms with van der Waals surface area (Å²) in [4.78, 5) is 0.0949. The van der Waals surface area contributed by atoms with Crippen molar-refractivity contribution in [2.24, 2.45) is 0 Å². The van der Waals surface area contributed by atoms with E-state index in [4.69, 9.17) is 9.47 Å². The standard InChI is InChI=1S/C26H28O6S2/c1-20-12-14-23(15-13-20)34(29,30)25-19-33(27,28)24(18-31-16-21-8-4-2-5-9-21)26(25)32-17-22-10-6-3-7-11-22/h2-15,24-26H,16-19H2,1H3/t24-,25+,26+/m0/s1. The quantitative estimate of drug-likeness (QED) is 0.445. The molecule has 0 N–H and O–H groups in total. The first-order valence-corrected chi connectivity index (χ1v) is 14.3. The van der Waals surface area contributed by atoms with Gasteiger partial charge in [0, 0.05) is 0 Å². The van der Waals surface area contributed by atoms with Crippen molar-refractivity contribution in [1.82, 2.24) is 0 Å². The largest absolute Gasteiger partial charge is 0.375 e. The minimum atomic E-state index is -3.95. The Hall–Kier alpha value is -2.52. The molecule has 1 fully saturated rings. The molecule has 34 heavy (non-hydrogen) atoms. The summed E-state index contributed by atoms with van der Waals surface area (Å²) in [6.07, 6.45) is -1.05. The van der Waals surface area contributed by atoms with E-state index in [1.807, 2.05) is 67.6 Å². The van der Waals surface area contributed by atoms with Gasteiger partial charge in [-0.2, -0.15) is 0 Å². The molecule has 180 valence electrons. The van der Waals surface area contributed by atoms with Crippen molar-refractivity contribution in [1.29, 1.82) is 0 Å². The van der Waals surface area contributed by atoms with Gasteiger partial charge in [-0.3, -0.25) is 0 Å². The van der Waals surface area contributed by atoms with Crippen LogP contribution < -0.4 is 0 Å². The van der Waals surface area contributed by atoms with Gasteiger partial charge in [-0.1, -0.05) is 78.4 Å². The Bertz CT molecular complexity index is 1290. The van der Waals surface area contributed by atoms with Crippen LogP contribution in [0.1, 0.15) is 16.7 Å². The summed E-state index contributed by atoms with van der Waals surface area (Å²) in [5, 5.41) is -2.29. The smallest absolute Gasteiger partial charge is 0.184 e. The molecule has 0 radical (unpaired) electrons. The fraction of sp³-hybridized carbons (Fsp3) is 0.308. The normalized spacial score (nSPS) is 22.0. The summed E-state index contributed by atoms with van der Waals surface area (Å²) in [5.41, 5.74) is 2.66. The van der Waals surface area contributed by atoms with E-state index >= 15 is 0 Å². The highest BCUT2D eigenvalue weighted by Crippen LogP contribution is 2.33. The molecular formula is C26H28O6S2. The van der Waals surface area contributed by atoms with E-state index in [1.165, 1.54) is 12.1 Å². The van der Waals surface area contributed by atoms with E-state index in [-0.39, 0.29) is 24.7 Å². The highest BCUT2D eigenvalue weighted by atomic mass is 32.2. The van der Waals surface area contributed by atoms with Crippen LogP contribution in [0, 0.1) is 6.92 Å². The number of sulfone groups is 2. The number of ether oxygens (including phenoxy) is 2. The lowest BCUT2D eigenvalue weighted by Gasteiger charge is -2.24. The van der Waals surface area contributed by atoms with Gasteiger partial charge >= 0.3 is 0 Å². The van der Waals surface area contributed by atoms with E-state index in [1.54, 1.807) is 12.1 Å². The molecule has 1 saturated heterocycles. The number of rotatable bonds is 9. The second-order valence-corrected chi connectivity index (χ2v) is 13.0. The van der Waals surface area contributed by atoms with Crippen molar-refractivity contribution in [2.75, 3.05) is 12.4 Å². The number of benzene rings is 3. The van der Waals surface area contributed by atoms with Crippen molar-refractivity contribution < 1.29 is 26.3 Å². The van der Waals surface area contributed by atoms with Crippen LogP contribution in [0.4, 0.5) is 0 Å². The molecule has 4 rings (SSSR count). The monoisotopic (exact) mass is 500 g/mol. The van der Waals surface area contributed by atoms with Crippen molar-refractivity contribution in [3.05, 3.63) is 102 Å². The predicted molar refractivity (Wildman–Crippen MR) is 131 cm³/mol. The van der Waals surface area contributed by atoms with Crippen LogP contribution in [-0.4, -0.2) is 45.8 Å². The third kappa shape index (κ3) is 5.58. The molecule has 0 aromatic heterocycles. The van der Waals surface area contributed by atoms with Crippen LogP contribution in [0.15, 0.2) is 89.8 Å². The van der Waals surface area contributed by atoms with Gasteiger partial charge in [-0.25, -0.2) is 16.8 Å². The minimum Gasteiger partial charge on any atom is -0.375 e. The number of aryl methyl sites for hydroxylation is 1. The molecular weight excluding hydrogens is 472 g/mol. The fourth-order valence-electron chi connectivity index (χ4n) is 4.11. The van der Waals surface area contributed by atoms with Crippen LogP contribution in [0.5, 0.6) is 0 Å². The summed E-state index contributed by atoms with van der Waals surface area (Å²) in [6, 6.07) is 25.1. The van der Waals surface area contributed by atoms with Gasteiger partial charge in [0.25, 0.3) is 0 Å². The molecule has 0 bridgehead atoms. The first-order chi connectivity index (χ1) is 16.3. The zero-order valence-electron chi connectivity index (χ0n) is 18.9. The lowest BCUT2D eigenvalue weighted by atomic mass is 10.2. The van der Waals surface area contributed by atoms with Crippen molar-refractivity contribution >= 4 is 19.7 Å². The lowest BCUT2D eigenvalue weighted by molar-refractivity contribution is 0.0179. The van der Waals surface area contributed by atoms with Gasteiger partial charge in [0.1, 0.15) is 10.5 Å². The summed E-state index contributed by atoms with van der Waals surface area (Å²) >= 11 is 0. The second-order valence-electron chi connectivity index (χ2n) is 8.53. The number of hydrogen-bond acceptors (Lipinski definition) is 6. The molecule has 3 aromatic rings. The zero-order chi connectivity index (χ0) is 24.2. The van der Waals surface area contributed by atoms with Gasteiger partial charge in [-0.15, -0.1) is 0 Å². The van der Waals surface area contributed by atoms with Gasteiger partial charge in [0.05, 0.1) is 36.6 Å². The first kappa shape index (κ1) is 24.6. The Balaban J connectivity index is 1.60. The summed E-state index contributed by atoms with van der Waals surface area (Å²) < 4.78 is 65.1. The maximum atomic E-state index is 13.5. The average Bonchev–Trinajstić information content (AvgIpc) is 3.10. The van der Waals surface area contributed by atoms with Crippen LogP contribution >= 0.6 is 0 Å². The Morgan fingerprint density at radius 1 is 0.824 bits per heavy atom. The molecule has 0 amide bonds. The molecule has 1 aliphatic heterocycles. The number of hydrogen-bond donors (Lipinski definition) is 0. The molecule has 1 aliphatic rings. The first-order valence-electron chi connectivity index (χ1n) is 11.1. The molecule has 0 spiro atoms. The molecule has 3 atom stereocenters. The molecule has 0 aliphatic carbocycles. The Kier molecular flexibility index (Phi) is 7.52. The van der Waals surface area contributed by atoms with Crippen molar-refractivity contribution in [3.63, 3.8) is 0 Å². The summed E-state index contributed by atoms with van der Waals surface area (Å²) in [6.45, 7) is 2.06. The highest BCUT2D eigenvalue weighted by molar-refractivity contribution is 7.96. The van der Waals surface area contributed by atoms with E-state index in [0.29, 0.717) is 0 Å². The minimum absolute atomic E-state index is 0.0949. The van der Waals surface area contributed by atoms with E-state index < -0.39 is 42.0 Å². The predicted octanol–water partition coefficient (Wildman–Crippen LogP) is 3.74. The van der Waals surface area contributed by atoms with Crippen LogP contribution in [0.25, 0.3) is 0 Å². The molecule has 1 heterocycles. The lowest BCUT2D eigenvalue weighted by Crippen LogP contribution is -2.40. The van der Waals surface area contributed by atoms with E-state index in [0.717, 1.165) is 16.7 Å². The van der Waals surface area contributed by atoms with Crippen LogP contribution in [0.3, 0.4) is 0 Å². The fourth-order valence-corrected chi connectivity index (χ4v) is 8.85. The summed E-state index contributed by atoms with van der Waals surface area (Å²) in [7, 11) is -7.72. The van der Waals surface area contributed by atoms with Crippen LogP contribution in [0.2, 0.25) is 0 Å². The third-order valence-corrected chi connectivity index (χ3v) is 10.5. The average molecular weight is 501 g/mol. The maximum absolute atomic E-state index is 13.5. The van der Waals surface area contributed by atoms with Gasteiger partial charge in [0.2, 0.25) is 0 Å². The third-order valence-electron chi connectivity index (χ3n) is 6.02. The van der Waals surface area contributed by atoms with Gasteiger partial charge in [0.15, 0.2) is 19.7 Å². The zero-order valence-corrected chi connectivity index (χ0v) is 20.5. The van der Waals surface area contributed by atoms with E-state index in [9.17, 15) is 16.8 Å². The van der Waals surface area contributed by atoms with E-state index in [2.05, 4.69) is 0 Å².